The lowest BCUT2D eigenvalue weighted by atomic mass is 10.2. The average Bonchev–Trinajstić information content (AvgIpc) is 2.76. The summed E-state index contributed by atoms with van der Waals surface area (Å²) in [5.74, 6) is -0.150. The van der Waals surface area contributed by atoms with Gasteiger partial charge >= 0.3 is 0 Å². The molecule has 0 aliphatic heterocycles. The van der Waals surface area contributed by atoms with E-state index in [9.17, 15) is 14.5 Å². The van der Waals surface area contributed by atoms with Gasteiger partial charge in [0.15, 0.2) is 5.82 Å². The first-order valence-corrected chi connectivity index (χ1v) is 5.51. The summed E-state index contributed by atoms with van der Waals surface area (Å²) in [6.07, 6.45) is 0. The Bertz CT molecular complexity index is 631. The van der Waals surface area contributed by atoms with E-state index in [-0.39, 0.29) is 23.1 Å². The van der Waals surface area contributed by atoms with Crippen molar-refractivity contribution in [3.63, 3.8) is 0 Å². The first kappa shape index (κ1) is 13.2. The van der Waals surface area contributed by atoms with Crippen molar-refractivity contribution in [1.29, 1.82) is 0 Å². The number of nitro benzene ring substituents is 1. The van der Waals surface area contributed by atoms with E-state index < -0.39 is 16.4 Å². The van der Waals surface area contributed by atoms with Crippen LogP contribution in [0.1, 0.15) is 11.7 Å². The van der Waals surface area contributed by atoms with Crippen LogP contribution < -0.4 is 5.32 Å². The molecule has 0 aliphatic rings. The van der Waals surface area contributed by atoms with Gasteiger partial charge in [-0.3, -0.25) is 10.1 Å². The highest BCUT2D eigenvalue weighted by Crippen LogP contribution is 2.30. The molecule has 1 aromatic heterocycles. The van der Waals surface area contributed by atoms with Crippen LogP contribution in [0.4, 0.5) is 15.8 Å². The molecule has 1 heterocycles. The molecule has 0 bridgehead atoms. The van der Waals surface area contributed by atoms with E-state index in [1.807, 2.05) is 0 Å². The van der Waals surface area contributed by atoms with Gasteiger partial charge in [-0.2, -0.15) is 4.98 Å². The summed E-state index contributed by atoms with van der Waals surface area (Å²) < 4.78 is 18.0. The predicted molar refractivity (Wildman–Crippen MR) is 64.4 cm³/mol. The molecule has 0 fully saturated rings. The molecule has 0 aliphatic carbocycles. The maximum atomic E-state index is 13.2. The number of aromatic nitrogens is 2. The Morgan fingerprint density at radius 1 is 1.58 bits per heavy atom. The standard InChI is InChI=1S/C10H8ClFN4O3/c1-5-14-10(19-15-5)4-13-8-2-6(11)7(12)3-9(8)16(17)18/h2-3,13H,4H2,1H3. The van der Waals surface area contributed by atoms with Crippen molar-refractivity contribution in [3.05, 3.63) is 44.8 Å². The number of anilines is 1. The maximum absolute atomic E-state index is 13.2. The van der Waals surface area contributed by atoms with E-state index >= 15 is 0 Å². The van der Waals surface area contributed by atoms with Crippen molar-refractivity contribution < 1.29 is 13.8 Å². The summed E-state index contributed by atoms with van der Waals surface area (Å²) in [5, 5.41) is 16.9. The molecule has 0 saturated carbocycles. The third-order valence-electron chi connectivity index (χ3n) is 2.24. The summed E-state index contributed by atoms with van der Waals surface area (Å²) >= 11 is 5.59. The second-order valence-corrected chi connectivity index (χ2v) is 4.04. The smallest absolute Gasteiger partial charge is 0.295 e. The zero-order chi connectivity index (χ0) is 14.0. The van der Waals surface area contributed by atoms with Gasteiger partial charge in [-0.05, 0) is 13.0 Å². The number of aryl methyl sites for hydroxylation is 1. The van der Waals surface area contributed by atoms with Crippen molar-refractivity contribution >= 4 is 23.0 Å². The minimum absolute atomic E-state index is 0.0731. The lowest BCUT2D eigenvalue weighted by Crippen LogP contribution is -2.03. The Morgan fingerprint density at radius 3 is 2.89 bits per heavy atom. The molecule has 0 saturated heterocycles. The van der Waals surface area contributed by atoms with Gasteiger partial charge in [-0.1, -0.05) is 16.8 Å². The average molecular weight is 287 g/mol. The SMILES string of the molecule is Cc1noc(CNc2cc(Cl)c(F)cc2[N+](=O)[O-])n1. The number of nitrogens with one attached hydrogen (secondary N) is 1. The molecule has 0 radical (unpaired) electrons. The molecular formula is C10H8ClFN4O3. The topological polar surface area (TPSA) is 94.1 Å². The quantitative estimate of drug-likeness (QED) is 0.686. The third kappa shape index (κ3) is 2.97. The van der Waals surface area contributed by atoms with Gasteiger partial charge in [-0.25, -0.2) is 4.39 Å². The second kappa shape index (κ2) is 5.19. The van der Waals surface area contributed by atoms with Gasteiger partial charge in [0.1, 0.15) is 11.5 Å². The van der Waals surface area contributed by atoms with Crippen LogP contribution in [-0.4, -0.2) is 15.1 Å². The Morgan fingerprint density at radius 2 is 2.32 bits per heavy atom. The highest BCUT2D eigenvalue weighted by molar-refractivity contribution is 6.31. The number of nitrogens with zero attached hydrogens (tertiary/aromatic N) is 3. The predicted octanol–water partition coefficient (Wildman–Crippen LogP) is 2.69. The zero-order valence-electron chi connectivity index (χ0n) is 9.68. The minimum Gasteiger partial charge on any atom is -0.370 e. The molecule has 0 atom stereocenters. The number of hydrogen-bond donors (Lipinski definition) is 1. The molecule has 1 N–H and O–H groups in total. The summed E-state index contributed by atoms with van der Waals surface area (Å²) in [7, 11) is 0. The molecule has 100 valence electrons. The van der Waals surface area contributed by atoms with Crippen LogP contribution in [0.25, 0.3) is 0 Å². The molecule has 1 aromatic carbocycles. The van der Waals surface area contributed by atoms with Crippen LogP contribution in [0.2, 0.25) is 5.02 Å². The van der Waals surface area contributed by atoms with Gasteiger partial charge < -0.3 is 9.84 Å². The van der Waals surface area contributed by atoms with Crippen LogP contribution in [0.5, 0.6) is 0 Å². The van der Waals surface area contributed by atoms with Crippen molar-refractivity contribution in [1.82, 2.24) is 10.1 Å². The highest BCUT2D eigenvalue weighted by atomic mass is 35.5. The second-order valence-electron chi connectivity index (χ2n) is 3.63. The normalized spacial score (nSPS) is 10.5. The molecule has 19 heavy (non-hydrogen) atoms. The van der Waals surface area contributed by atoms with Crippen LogP contribution in [-0.2, 0) is 6.54 Å². The Kier molecular flexibility index (Phi) is 3.61. The first-order chi connectivity index (χ1) is 8.97. The molecular weight excluding hydrogens is 279 g/mol. The van der Waals surface area contributed by atoms with Crippen molar-refractivity contribution in [2.45, 2.75) is 13.5 Å². The molecule has 2 aromatic rings. The lowest BCUT2D eigenvalue weighted by molar-refractivity contribution is -0.384. The number of nitro groups is 1. The summed E-state index contributed by atoms with van der Waals surface area (Å²) in [6, 6.07) is 1.89. The first-order valence-electron chi connectivity index (χ1n) is 5.14. The van der Waals surface area contributed by atoms with Gasteiger partial charge in [0.25, 0.3) is 5.69 Å². The van der Waals surface area contributed by atoms with Gasteiger partial charge in [-0.15, -0.1) is 0 Å². The van der Waals surface area contributed by atoms with Crippen molar-refractivity contribution in [2.24, 2.45) is 0 Å². The fourth-order valence-corrected chi connectivity index (χ4v) is 1.58. The van der Waals surface area contributed by atoms with E-state index in [0.29, 0.717) is 5.82 Å². The van der Waals surface area contributed by atoms with E-state index in [0.717, 1.165) is 12.1 Å². The Hall–Kier alpha value is -2.22. The molecule has 0 unspecified atom stereocenters. The van der Waals surface area contributed by atoms with Crippen LogP contribution in [0.15, 0.2) is 16.7 Å². The third-order valence-corrected chi connectivity index (χ3v) is 2.52. The zero-order valence-corrected chi connectivity index (χ0v) is 10.4. The Balaban J connectivity index is 2.23. The molecule has 0 amide bonds. The van der Waals surface area contributed by atoms with E-state index in [4.69, 9.17) is 16.1 Å². The summed E-state index contributed by atoms with van der Waals surface area (Å²) in [6.45, 7) is 1.72. The van der Waals surface area contributed by atoms with E-state index in [2.05, 4.69) is 15.5 Å². The van der Waals surface area contributed by atoms with E-state index in [1.54, 1.807) is 6.92 Å². The van der Waals surface area contributed by atoms with Crippen molar-refractivity contribution in [2.75, 3.05) is 5.32 Å². The van der Waals surface area contributed by atoms with Gasteiger partial charge in [0.05, 0.1) is 22.6 Å². The van der Waals surface area contributed by atoms with Gasteiger partial charge in [0, 0.05) is 0 Å². The molecule has 0 spiro atoms. The molecule has 9 heteroatoms. The summed E-state index contributed by atoms with van der Waals surface area (Å²) in [5.41, 5.74) is -0.342. The van der Waals surface area contributed by atoms with E-state index in [1.165, 1.54) is 0 Å². The fraction of sp³-hybridized carbons (Fsp3) is 0.200. The molecule has 7 nitrogen and oxygen atoms in total. The van der Waals surface area contributed by atoms with Crippen LogP contribution >= 0.6 is 11.6 Å². The maximum Gasteiger partial charge on any atom is 0.295 e. The van der Waals surface area contributed by atoms with Crippen LogP contribution in [0, 0.1) is 22.9 Å². The number of rotatable bonds is 4. The largest absolute Gasteiger partial charge is 0.370 e. The molecule has 2 rings (SSSR count). The van der Waals surface area contributed by atoms with Gasteiger partial charge in [0.2, 0.25) is 5.89 Å². The number of halogens is 2. The lowest BCUT2D eigenvalue weighted by Gasteiger charge is -2.05. The monoisotopic (exact) mass is 286 g/mol. The van der Waals surface area contributed by atoms with Crippen LogP contribution in [0.3, 0.4) is 0 Å². The Labute approximate surface area is 111 Å². The number of hydrogen-bond acceptors (Lipinski definition) is 6. The summed E-state index contributed by atoms with van der Waals surface area (Å²) in [4.78, 5) is 14.0. The van der Waals surface area contributed by atoms with Crippen molar-refractivity contribution in [3.8, 4) is 0 Å². The fourth-order valence-electron chi connectivity index (χ4n) is 1.41. The highest BCUT2D eigenvalue weighted by Gasteiger charge is 2.18. The minimum atomic E-state index is -0.854. The number of benzene rings is 1.